The Labute approximate surface area is 131 Å². The summed E-state index contributed by atoms with van der Waals surface area (Å²) in [5.74, 6) is 0. The maximum absolute atomic E-state index is 8.87. The van der Waals surface area contributed by atoms with Gasteiger partial charge in [0.15, 0.2) is 0 Å². The van der Waals surface area contributed by atoms with Crippen LogP contribution in [-0.4, -0.2) is 16.3 Å². The van der Waals surface area contributed by atoms with Crippen LogP contribution in [0.25, 0.3) is 0 Å². The zero-order chi connectivity index (χ0) is 15.6. The van der Waals surface area contributed by atoms with Gasteiger partial charge in [0.05, 0.1) is 24.7 Å². The molecule has 1 aliphatic heterocycles. The molecule has 0 bridgehead atoms. The molecule has 22 heavy (non-hydrogen) atoms. The number of fused-ring (bicyclic) bond motifs is 1. The SMILES string of the molecule is CC(C)(c1ccccc1)c1nn(CCC#N)c2c1CNCC2. The molecule has 0 aliphatic carbocycles. The molecule has 0 saturated heterocycles. The van der Waals surface area contributed by atoms with Crippen molar-refractivity contribution in [3.63, 3.8) is 0 Å². The molecule has 2 heterocycles. The molecule has 114 valence electrons. The molecule has 3 rings (SSSR count). The van der Waals surface area contributed by atoms with Crippen LogP contribution in [0.4, 0.5) is 0 Å². The number of aryl methyl sites for hydroxylation is 1. The van der Waals surface area contributed by atoms with Crippen LogP contribution < -0.4 is 5.32 Å². The van der Waals surface area contributed by atoms with Crippen LogP contribution in [0.1, 0.15) is 42.8 Å². The first-order valence-corrected chi connectivity index (χ1v) is 7.87. The quantitative estimate of drug-likeness (QED) is 0.943. The van der Waals surface area contributed by atoms with Gasteiger partial charge < -0.3 is 5.32 Å². The summed E-state index contributed by atoms with van der Waals surface area (Å²) < 4.78 is 2.05. The van der Waals surface area contributed by atoms with Crippen LogP contribution >= 0.6 is 0 Å². The van der Waals surface area contributed by atoms with Crippen molar-refractivity contribution in [2.24, 2.45) is 0 Å². The van der Waals surface area contributed by atoms with E-state index in [0.717, 1.165) is 25.2 Å². The summed E-state index contributed by atoms with van der Waals surface area (Å²) in [7, 11) is 0. The predicted octanol–water partition coefficient (Wildman–Crippen LogP) is 2.77. The fraction of sp³-hybridized carbons (Fsp3) is 0.444. The van der Waals surface area contributed by atoms with E-state index in [1.54, 1.807) is 0 Å². The summed E-state index contributed by atoms with van der Waals surface area (Å²) >= 11 is 0. The van der Waals surface area contributed by atoms with E-state index in [0.29, 0.717) is 13.0 Å². The minimum atomic E-state index is -0.137. The number of nitrogens with zero attached hydrogens (tertiary/aromatic N) is 3. The number of nitrogens with one attached hydrogen (secondary N) is 1. The molecule has 2 aromatic rings. The molecular formula is C18H22N4. The first kappa shape index (κ1) is 14.8. The summed E-state index contributed by atoms with van der Waals surface area (Å²) in [5, 5.41) is 17.2. The second-order valence-corrected chi connectivity index (χ2v) is 6.32. The van der Waals surface area contributed by atoms with Crippen molar-refractivity contribution in [1.82, 2.24) is 15.1 Å². The molecule has 1 N–H and O–H groups in total. The smallest absolute Gasteiger partial charge is 0.0772 e. The van der Waals surface area contributed by atoms with Gasteiger partial charge in [-0.05, 0) is 5.56 Å². The lowest BCUT2D eigenvalue weighted by atomic mass is 9.79. The van der Waals surface area contributed by atoms with Gasteiger partial charge in [-0.1, -0.05) is 44.2 Å². The molecule has 1 aromatic carbocycles. The third-order valence-corrected chi connectivity index (χ3v) is 4.53. The van der Waals surface area contributed by atoms with Crippen LogP contribution in [0.2, 0.25) is 0 Å². The van der Waals surface area contributed by atoms with E-state index in [-0.39, 0.29) is 5.41 Å². The molecule has 0 spiro atoms. The highest BCUT2D eigenvalue weighted by atomic mass is 15.3. The number of rotatable bonds is 4. The van der Waals surface area contributed by atoms with E-state index in [2.05, 4.69) is 54.2 Å². The molecule has 0 amide bonds. The Balaban J connectivity index is 2.07. The molecular weight excluding hydrogens is 272 g/mol. The van der Waals surface area contributed by atoms with Gasteiger partial charge in [0.25, 0.3) is 0 Å². The first-order valence-electron chi connectivity index (χ1n) is 7.87. The van der Waals surface area contributed by atoms with Crippen LogP contribution in [0, 0.1) is 11.3 Å². The van der Waals surface area contributed by atoms with E-state index in [4.69, 9.17) is 10.4 Å². The highest BCUT2D eigenvalue weighted by Gasteiger charge is 2.32. The number of aromatic nitrogens is 2. The number of nitriles is 1. The van der Waals surface area contributed by atoms with Gasteiger partial charge in [-0.2, -0.15) is 10.4 Å². The fourth-order valence-corrected chi connectivity index (χ4v) is 3.25. The number of hydrogen-bond donors (Lipinski definition) is 1. The minimum Gasteiger partial charge on any atom is -0.312 e. The lowest BCUT2D eigenvalue weighted by Crippen LogP contribution is -2.28. The van der Waals surface area contributed by atoms with Crippen molar-refractivity contribution in [2.75, 3.05) is 6.54 Å². The van der Waals surface area contributed by atoms with Crippen molar-refractivity contribution in [3.05, 3.63) is 52.8 Å². The highest BCUT2D eigenvalue weighted by Crippen LogP contribution is 2.35. The predicted molar refractivity (Wildman–Crippen MR) is 86.4 cm³/mol. The van der Waals surface area contributed by atoms with Gasteiger partial charge in [0.1, 0.15) is 0 Å². The zero-order valence-electron chi connectivity index (χ0n) is 13.3. The fourth-order valence-electron chi connectivity index (χ4n) is 3.25. The summed E-state index contributed by atoms with van der Waals surface area (Å²) in [6.45, 7) is 7.00. The molecule has 1 aromatic heterocycles. The van der Waals surface area contributed by atoms with Crippen molar-refractivity contribution in [2.45, 2.75) is 45.2 Å². The average Bonchev–Trinajstić information content (AvgIpc) is 2.93. The average molecular weight is 294 g/mol. The monoisotopic (exact) mass is 294 g/mol. The maximum Gasteiger partial charge on any atom is 0.0772 e. The van der Waals surface area contributed by atoms with Crippen LogP contribution in [0.15, 0.2) is 30.3 Å². The second-order valence-electron chi connectivity index (χ2n) is 6.32. The van der Waals surface area contributed by atoms with Crippen molar-refractivity contribution < 1.29 is 0 Å². The van der Waals surface area contributed by atoms with Crippen LogP contribution in [0.3, 0.4) is 0 Å². The number of hydrogen-bond acceptors (Lipinski definition) is 3. The first-order chi connectivity index (χ1) is 10.6. The third-order valence-electron chi connectivity index (χ3n) is 4.53. The highest BCUT2D eigenvalue weighted by molar-refractivity contribution is 5.41. The Bertz CT molecular complexity index is 692. The topological polar surface area (TPSA) is 53.6 Å². The maximum atomic E-state index is 8.87. The van der Waals surface area contributed by atoms with Crippen molar-refractivity contribution in [3.8, 4) is 6.07 Å². The Kier molecular flexibility index (Phi) is 4.00. The normalized spacial score (nSPS) is 14.4. The van der Waals surface area contributed by atoms with Gasteiger partial charge in [0, 0.05) is 36.2 Å². The minimum absolute atomic E-state index is 0.137. The van der Waals surface area contributed by atoms with Crippen molar-refractivity contribution >= 4 is 0 Å². The molecule has 0 atom stereocenters. The summed E-state index contributed by atoms with van der Waals surface area (Å²) in [6, 6.07) is 12.8. The Hall–Kier alpha value is -2.12. The second kappa shape index (κ2) is 5.94. The Morgan fingerprint density at radius 1 is 1.32 bits per heavy atom. The zero-order valence-corrected chi connectivity index (χ0v) is 13.3. The Morgan fingerprint density at radius 2 is 2.09 bits per heavy atom. The van der Waals surface area contributed by atoms with Crippen LogP contribution in [0.5, 0.6) is 0 Å². The molecule has 0 unspecified atom stereocenters. The summed E-state index contributed by atoms with van der Waals surface area (Å²) in [5.41, 5.74) is 4.89. The molecule has 4 heteroatoms. The van der Waals surface area contributed by atoms with Crippen LogP contribution in [-0.2, 0) is 24.9 Å². The largest absolute Gasteiger partial charge is 0.312 e. The molecule has 0 fully saturated rings. The molecule has 1 aliphatic rings. The lowest BCUT2D eigenvalue weighted by molar-refractivity contribution is 0.546. The third kappa shape index (κ3) is 2.53. The van der Waals surface area contributed by atoms with E-state index in [9.17, 15) is 0 Å². The van der Waals surface area contributed by atoms with E-state index in [1.807, 2.05) is 6.07 Å². The molecule has 4 nitrogen and oxygen atoms in total. The van der Waals surface area contributed by atoms with Gasteiger partial charge in [-0.3, -0.25) is 4.68 Å². The van der Waals surface area contributed by atoms with Gasteiger partial charge in [0.2, 0.25) is 0 Å². The van der Waals surface area contributed by atoms with E-state index >= 15 is 0 Å². The lowest BCUT2D eigenvalue weighted by Gasteiger charge is -2.26. The Morgan fingerprint density at radius 3 is 2.82 bits per heavy atom. The van der Waals surface area contributed by atoms with E-state index < -0.39 is 0 Å². The van der Waals surface area contributed by atoms with Crippen molar-refractivity contribution in [1.29, 1.82) is 5.26 Å². The standard InChI is InChI=1S/C18H22N4/c1-18(2,14-7-4-3-5-8-14)17-15-13-20-11-9-16(15)22(21-17)12-6-10-19/h3-5,7-8,20H,6,9,11-13H2,1-2H3. The molecule has 0 radical (unpaired) electrons. The summed E-state index contributed by atoms with van der Waals surface area (Å²) in [6.07, 6.45) is 1.49. The van der Waals surface area contributed by atoms with Gasteiger partial charge in [-0.15, -0.1) is 0 Å². The van der Waals surface area contributed by atoms with Gasteiger partial charge >= 0.3 is 0 Å². The number of benzene rings is 1. The molecule has 0 saturated carbocycles. The van der Waals surface area contributed by atoms with Gasteiger partial charge in [-0.25, -0.2) is 0 Å². The summed E-state index contributed by atoms with van der Waals surface area (Å²) in [4.78, 5) is 0. The van der Waals surface area contributed by atoms with E-state index in [1.165, 1.54) is 16.8 Å².